The van der Waals surface area contributed by atoms with Crippen molar-refractivity contribution in [3.63, 3.8) is 0 Å². The van der Waals surface area contributed by atoms with Gasteiger partial charge in [-0.2, -0.15) is 15.0 Å². The van der Waals surface area contributed by atoms with Gasteiger partial charge in [-0.25, -0.2) is 13.1 Å². The molecule has 1 aliphatic rings. The van der Waals surface area contributed by atoms with Crippen molar-refractivity contribution in [1.82, 2.24) is 19.7 Å². The number of nitrogens with one attached hydrogen (secondary N) is 1. The fraction of sp³-hybridized carbons (Fsp3) is 0.438. The number of aromatic nitrogens is 3. The van der Waals surface area contributed by atoms with Crippen LogP contribution in [0.2, 0.25) is 0 Å². The minimum absolute atomic E-state index is 0.00608. The number of sulfonamides is 1. The quantitative estimate of drug-likeness (QED) is 0.731. The standard InChI is InChI=1S/C16H21BrN6O2S/c1-22(2)15-19-14(20-16(21-15)23-9-5-6-10-23)11-18-26(24,25)13-8-4-3-7-12(13)17/h3-4,7-8,18H,5-6,9-11H2,1-2H3. The topological polar surface area (TPSA) is 91.3 Å². The summed E-state index contributed by atoms with van der Waals surface area (Å²) in [5.41, 5.74) is 0. The van der Waals surface area contributed by atoms with Crippen LogP contribution in [0.3, 0.4) is 0 Å². The molecular weight excluding hydrogens is 420 g/mol. The first-order valence-electron chi connectivity index (χ1n) is 8.28. The number of halogens is 1. The van der Waals surface area contributed by atoms with Gasteiger partial charge < -0.3 is 9.80 Å². The summed E-state index contributed by atoms with van der Waals surface area (Å²) in [6.45, 7) is 1.80. The van der Waals surface area contributed by atoms with Crippen molar-refractivity contribution in [1.29, 1.82) is 0 Å². The zero-order valence-corrected chi connectivity index (χ0v) is 17.1. The highest BCUT2D eigenvalue weighted by Crippen LogP contribution is 2.21. The van der Waals surface area contributed by atoms with E-state index in [4.69, 9.17) is 0 Å². The van der Waals surface area contributed by atoms with E-state index in [0.717, 1.165) is 25.9 Å². The number of nitrogens with zero attached hydrogens (tertiary/aromatic N) is 5. The van der Waals surface area contributed by atoms with Gasteiger partial charge in [0.15, 0.2) is 5.82 Å². The van der Waals surface area contributed by atoms with E-state index in [2.05, 4.69) is 40.5 Å². The smallest absolute Gasteiger partial charge is 0.242 e. The molecule has 3 rings (SSSR count). The minimum Gasteiger partial charge on any atom is -0.347 e. The Hall–Kier alpha value is -1.78. The fourth-order valence-corrected chi connectivity index (χ4v) is 4.61. The molecule has 26 heavy (non-hydrogen) atoms. The second kappa shape index (κ2) is 7.85. The van der Waals surface area contributed by atoms with Crippen LogP contribution in [0.1, 0.15) is 18.7 Å². The number of hydrogen-bond donors (Lipinski definition) is 1. The third kappa shape index (κ3) is 4.30. The molecule has 1 N–H and O–H groups in total. The molecular formula is C16H21BrN6O2S. The maximum absolute atomic E-state index is 12.6. The largest absolute Gasteiger partial charge is 0.347 e. The van der Waals surface area contributed by atoms with Crippen LogP contribution in [0.25, 0.3) is 0 Å². The highest BCUT2D eigenvalue weighted by atomic mass is 79.9. The lowest BCUT2D eigenvalue weighted by atomic mass is 10.4. The Balaban J connectivity index is 1.84. The van der Waals surface area contributed by atoms with E-state index in [1.54, 1.807) is 29.2 Å². The van der Waals surface area contributed by atoms with Crippen molar-refractivity contribution in [2.75, 3.05) is 37.0 Å². The lowest BCUT2D eigenvalue weighted by Crippen LogP contribution is -2.28. The van der Waals surface area contributed by atoms with Crippen molar-refractivity contribution >= 4 is 37.8 Å². The summed E-state index contributed by atoms with van der Waals surface area (Å²) in [5, 5.41) is 0. The van der Waals surface area contributed by atoms with Crippen LogP contribution in [-0.2, 0) is 16.6 Å². The molecule has 0 spiro atoms. The first-order valence-corrected chi connectivity index (χ1v) is 10.6. The van der Waals surface area contributed by atoms with Crippen molar-refractivity contribution in [3.05, 3.63) is 34.6 Å². The highest BCUT2D eigenvalue weighted by Gasteiger charge is 2.20. The molecule has 1 aromatic carbocycles. The molecule has 0 amide bonds. The molecule has 1 saturated heterocycles. The molecule has 10 heteroatoms. The van der Waals surface area contributed by atoms with Crippen LogP contribution >= 0.6 is 15.9 Å². The SMILES string of the molecule is CN(C)c1nc(CNS(=O)(=O)c2ccccc2Br)nc(N2CCCC2)n1. The Kier molecular flexibility index (Phi) is 5.73. The van der Waals surface area contributed by atoms with Crippen LogP contribution < -0.4 is 14.5 Å². The number of anilines is 2. The van der Waals surface area contributed by atoms with E-state index in [-0.39, 0.29) is 11.4 Å². The predicted octanol–water partition coefficient (Wildman–Crippen LogP) is 1.78. The molecule has 0 saturated carbocycles. The Bertz CT molecular complexity index is 884. The van der Waals surface area contributed by atoms with E-state index in [1.165, 1.54) is 0 Å². The molecule has 0 unspecified atom stereocenters. The molecule has 8 nitrogen and oxygen atoms in total. The second-order valence-electron chi connectivity index (χ2n) is 6.20. The van der Waals surface area contributed by atoms with E-state index in [1.807, 2.05) is 14.1 Å². The molecule has 0 atom stereocenters. The van der Waals surface area contributed by atoms with Crippen molar-refractivity contribution < 1.29 is 8.42 Å². The van der Waals surface area contributed by atoms with Crippen molar-refractivity contribution in [2.24, 2.45) is 0 Å². The Morgan fingerprint density at radius 3 is 2.50 bits per heavy atom. The second-order valence-corrected chi connectivity index (χ2v) is 8.78. The lowest BCUT2D eigenvalue weighted by molar-refractivity contribution is 0.578. The molecule has 1 aromatic heterocycles. The van der Waals surface area contributed by atoms with Crippen LogP contribution in [0.15, 0.2) is 33.6 Å². The molecule has 1 aliphatic heterocycles. The molecule has 140 valence electrons. The van der Waals surface area contributed by atoms with Gasteiger partial charge in [0.05, 0.1) is 11.4 Å². The van der Waals surface area contributed by atoms with Crippen molar-refractivity contribution in [2.45, 2.75) is 24.3 Å². The summed E-state index contributed by atoms with van der Waals surface area (Å²) in [5.74, 6) is 1.49. The Morgan fingerprint density at radius 2 is 1.85 bits per heavy atom. The molecule has 0 bridgehead atoms. The summed E-state index contributed by atoms with van der Waals surface area (Å²) >= 11 is 3.27. The first-order chi connectivity index (χ1) is 12.4. The average Bonchev–Trinajstić information content (AvgIpc) is 3.15. The van der Waals surface area contributed by atoms with Crippen molar-refractivity contribution in [3.8, 4) is 0 Å². The molecule has 1 fully saturated rings. The summed E-state index contributed by atoms with van der Waals surface area (Å²) in [7, 11) is 0.0121. The van der Waals surface area contributed by atoms with Crippen LogP contribution in [0, 0.1) is 0 Å². The third-order valence-corrected chi connectivity index (χ3v) is 6.41. The normalized spacial score (nSPS) is 14.7. The molecule has 2 aromatic rings. The maximum Gasteiger partial charge on any atom is 0.242 e. The van der Waals surface area contributed by atoms with Gasteiger partial charge in [0.1, 0.15) is 0 Å². The summed E-state index contributed by atoms with van der Waals surface area (Å²) in [4.78, 5) is 17.4. The summed E-state index contributed by atoms with van der Waals surface area (Å²) < 4.78 is 28.2. The van der Waals surface area contributed by atoms with E-state index in [0.29, 0.717) is 22.2 Å². The molecule has 0 aliphatic carbocycles. The molecule has 2 heterocycles. The van der Waals surface area contributed by atoms with E-state index in [9.17, 15) is 8.42 Å². The lowest BCUT2D eigenvalue weighted by Gasteiger charge is -2.19. The van der Waals surface area contributed by atoms with Gasteiger partial charge in [-0.05, 0) is 40.9 Å². The Labute approximate surface area is 161 Å². The van der Waals surface area contributed by atoms with Crippen LogP contribution in [-0.4, -0.2) is 50.6 Å². The van der Waals surface area contributed by atoms with Gasteiger partial charge in [-0.1, -0.05) is 12.1 Å². The van der Waals surface area contributed by atoms with Gasteiger partial charge in [0.25, 0.3) is 0 Å². The first kappa shape index (κ1) is 19.0. The zero-order chi connectivity index (χ0) is 18.7. The predicted molar refractivity (Wildman–Crippen MR) is 104 cm³/mol. The number of rotatable bonds is 6. The fourth-order valence-electron chi connectivity index (χ4n) is 2.63. The highest BCUT2D eigenvalue weighted by molar-refractivity contribution is 9.10. The van der Waals surface area contributed by atoms with Gasteiger partial charge in [-0.3, -0.25) is 0 Å². The third-order valence-electron chi connectivity index (χ3n) is 3.99. The van der Waals surface area contributed by atoms with Gasteiger partial charge >= 0.3 is 0 Å². The minimum atomic E-state index is -3.68. The zero-order valence-electron chi connectivity index (χ0n) is 14.7. The van der Waals surface area contributed by atoms with Crippen LogP contribution in [0.5, 0.6) is 0 Å². The van der Waals surface area contributed by atoms with Crippen LogP contribution in [0.4, 0.5) is 11.9 Å². The summed E-state index contributed by atoms with van der Waals surface area (Å²) in [6.07, 6.45) is 2.21. The Morgan fingerprint density at radius 1 is 1.15 bits per heavy atom. The van der Waals surface area contributed by atoms with Gasteiger partial charge in [0.2, 0.25) is 21.9 Å². The number of benzene rings is 1. The monoisotopic (exact) mass is 440 g/mol. The molecule has 0 radical (unpaired) electrons. The summed E-state index contributed by atoms with van der Waals surface area (Å²) in [6, 6.07) is 6.67. The maximum atomic E-state index is 12.6. The number of hydrogen-bond acceptors (Lipinski definition) is 7. The van der Waals surface area contributed by atoms with Gasteiger partial charge in [0, 0.05) is 31.7 Å². The average molecular weight is 441 g/mol. The van der Waals surface area contributed by atoms with E-state index < -0.39 is 10.0 Å². The van der Waals surface area contributed by atoms with E-state index >= 15 is 0 Å². The van der Waals surface area contributed by atoms with Gasteiger partial charge in [-0.15, -0.1) is 0 Å².